The fourth-order valence-electron chi connectivity index (χ4n) is 3.56. The number of nitrogens with zero attached hydrogens (tertiary/aromatic N) is 1. The average Bonchev–Trinajstić information content (AvgIpc) is 2.88. The number of aliphatic imine (C=N–C) groups is 1. The average molecular weight is 555 g/mol. The molecule has 0 radical (unpaired) electrons. The number of alkyl carbamates (subject to hydrolysis) is 1. The van der Waals surface area contributed by atoms with Gasteiger partial charge in [0.1, 0.15) is 6.04 Å². The van der Waals surface area contributed by atoms with Gasteiger partial charge in [-0.15, -0.1) is 0 Å². The number of anilines is 1. The van der Waals surface area contributed by atoms with Crippen molar-refractivity contribution in [1.29, 1.82) is 0 Å². The highest BCUT2D eigenvalue weighted by Crippen LogP contribution is 2.17. The number of ether oxygens (including phenoxy) is 1. The number of allylic oxidation sites excluding steroid dienone is 3. The van der Waals surface area contributed by atoms with Crippen molar-refractivity contribution in [3.63, 3.8) is 0 Å². The molecular formula is C28H34N4O6S. The van der Waals surface area contributed by atoms with Crippen molar-refractivity contribution in [3.8, 4) is 0 Å². The summed E-state index contributed by atoms with van der Waals surface area (Å²) in [5.41, 5.74) is 3.66. The van der Waals surface area contributed by atoms with Gasteiger partial charge < -0.3 is 15.4 Å². The van der Waals surface area contributed by atoms with E-state index in [1.165, 1.54) is 19.2 Å². The summed E-state index contributed by atoms with van der Waals surface area (Å²) in [5.74, 6) is -0.466. The van der Waals surface area contributed by atoms with Gasteiger partial charge in [0.25, 0.3) is 0 Å². The maximum absolute atomic E-state index is 13.4. The molecule has 208 valence electrons. The zero-order valence-corrected chi connectivity index (χ0v) is 23.0. The summed E-state index contributed by atoms with van der Waals surface area (Å²) in [4.78, 5) is 30.0. The van der Waals surface area contributed by atoms with Crippen molar-refractivity contribution in [1.82, 2.24) is 10.6 Å². The Bertz CT molecular complexity index is 1340. The first-order chi connectivity index (χ1) is 18.4. The van der Waals surface area contributed by atoms with Crippen LogP contribution in [0.15, 0.2) is 96.2 Å². The summed E-state index contributed by atoms with van der Waals surface area (Å²) < 4.78 is 37.9. The number of amides is 2. The molecule has 0 saturated heterocycles. The molecule has 0 aliphatic rings. The summed E-state index contributed by atoms with van der Waals surface area (Å²) >= 11 is 0. The van der Waals surface area contributed by atoms with Gasteiger partial charge in [0, 0.05) is 12.1 Å². The first-order valence-electron chi connectivity index (χ1n) is 12.0. The molecule has 4 N–H and O–H groups in total. The third-order valence-corrected chi connectivity index (χ3v) is 6.18. The molecule has 0 aliphatic heterocycles. The van der Waals surface area contributed by atoms with Gasteiger partial charge in [-0.1, -0.05) is 67.8 Å². The Balaban J connectivity index is 2.35. The Labute approximate surface area is 229 Å². The van der Waals surface area contributed by atoms with Crippen LogP contribution in [0.3, 0.4) is 0 Å². The third kappa shape index (κ3) is 11.0. The molecule has 0 aromatic heterocycles. The molecule has 0 bridgehead atoms. The van der Waals surface area contributed by atoms with E-state index < -0.39 is 34.4 Å². The minimum absolute atomic E-state index is 0.171. The molecule has 2 unspecified atom stereocenters. The predicted octanol–water partition coefficient (Wildman–Crippen LogP) is 4.00. The van der Waals surface area contributed by atoms with Gasteiger partial charge in [0.15, 0.2) is 0 Å². The number of benzene rings is 2. The fraction of sp³-hybridized carbons (Fsp3) is 0.250. The number of hydrogen-bond donors (Lipinski definition) is 4. The standard InChI is InChI=1S/C28H34N4O6S/c1-6-10-19(2)20(3)29-21(4)25(17-23-13-15-24(16-14-23)32-39(35,36)37)30-27(33)26(31-28(34)38-5)18-22-11-8-7-9-12-22/h6-16,25-26,32H,1,4,17-18H2,2-3,5H3,(H,30,33)(H,31,34)(H,35,36,37)/b19-10+,29-20?. The van der Waals surface area contributed by atoms with Gasteiger partial charge in [-0.25, -0.2) is 4.79 Å². The zero-order chi connectivity index (χ0) is 29.0. The normalized spacial score (nSPS) is 13.5. The highest BCUT2D eigenvalue weighted by atomic mass is 32.2. The molecule has 11 heteroatoms. The summed E-state index contributed by atoms with van der Waals surface area (Å²) in [6.07, 6.45) is 3.18. The van der Waals surface area contributed by atoms with E-state index in [4.69, 9.17) is 9.29 Å². The van der Waals surface area contributed by atoms with E-state index in [0.717, 1.165) is 16.7 Å². The van der Waals surface area contributed by atoms with E-state index >= 15 is 0 Å². The van der Waals surface area contributed by atoms with Crippen LogP contribution in [-0.4, -0.2) is 49.9 Å². The lowest BCUT2D eigenvalue weighted by Crippen LogP contribution is -2.51. The molecule has 2 amide bonds. The maximum atomic E-state index is 13.4. The number of methoxy groups -OCH3 is 1. The molecule has 0 heterocycles. The van der Waals surface area contributed by atoms with Gasteiger partial charge >= 0.3 is 16.4 Å². The third-order valence-electron chi connectivity index (χ3n) is 5.69. The van der Waals surface area contributed by atoms with Crippen molar-refractivity contribution >= 4 is 33.7 Å². The quantitative estimate of drug-likeness (QED) is 0.167. The first-order valence-corrected chi connectivity index (χ1v) is 13.4. The van der Waals surface area contributed by atoms with Crippen LogP contribution in [0.4, 0.5) is 10.5 Å². The van der Waals surface area contributed by atoms with Crippen LogP contribution >= 0.6 is 0 Å². The molecule has 0 aliphatic carbocycles. The van der Waals surface area contributed by atoms with Crippen molar-refractivity contribution < 1.29 is 27.3 Å². The van der Waals surface area contributed by atoms with Gasteiger partial charge in [-0.05, 0) is 49.1 Å². The number of nitrogens with one attached hydrogen (secondary N) is 3. The van der Waals surface area contributed by atoms with Crippen LogP contribution in [0.25, 0.3) is 0 Å². The summed E-state index contributed by atoms with van der Waals surface area (Å²) in [6, 6.07) is 13.9. The first kappa shape index (κ1) is 31.0. The lowest BCUT2D eigenvalue weighted by Gasteiger charge is -2.24. The van der Waals surface area contributed by atoms with E-state index in [9.17, 15) is 18.0 Å². The van der Waals surface area contributed by atoms with Gasteiger partial charge in [0.2, 0.25) is 5.91 Å². The fourth-order valence-corrected chi connectivity index (χ4v) is 3.99. The van der Waals surface area contributed by atoms with Crippen LogP contribution in [0, 0.1) is 0 Å². The predicted molar refractivity (Wildman–Crippen MR) is 153 cm³/mol. The zero-order valence-electron chi connectivity index (χ0n) is 22.2. The molecule has 0 saturated carbocycles. The van der Waals surface area contributed by atoms with Crippen molar-refractivity contribution in [2.75, 3.05) is 11.8 Å². The van der Waals surface area contributed by atoms with Crippen LogP contribution in [0.2, 0.25) is 0 Å². The molecule has 10 nitrogen and oxygen atoms in total. The second-order valence-electron chi connectivity index (χ2n) is 8.69. The number of rotatable bonds is 13. The van der Waals surface area contributed by atoms with Crippen LogP contribution in [-0.2, 0) is 32.7 Å². The van der Waals surface area contributed by atoms with E-state index in [-0.39, 0.29) is 18.5 Å². The second-order valence-corrected chi connectivity index (χ2v) is 9.85. The topological polar surface area (TPSA) is 146 Å². The van der Waals surface area contributed by atoms with Crippen LogP contribution in [0.5, 0.6) is 0 Å². The minimum atomic E-state index is -4.41. The highest BCUT2D eigenvalue weighted by molar-refractivity contribution is 7.87. The van der Waals surface area contributed by atoms with Crippen molar-refractivity contribution in [3.05, 3.63) is 102 Å². The van der Waals surface area contributed by atoms with Gasteiger partial charge in [0.05, 0.1) is 24.5 Å². The van der Waals surface area contributed by atoms with Gasteiger partial charge in [-0.3, -0.25) is 19.1 Å². The molecule has 2 aromatic rings. The second kappa shape index (κ2) is 14.6. The Hall–Kier alpha value is -4.22. The molecule has 0 fully saturated rings. The molecule has 2 aromatic carbocycles. The SMILES string of the molecule is C=C/C=C(\C)C(C)=NC(=C)C(Cc1ccc(NS(=O)(=O)O)cc1)NC(=O)C(Cc1ccccc1)NC(=O)OC. The molecule has 0 spiro atoms. The van der Waals surface area contributed by atoms with Crippen LogP contribution in [0.1, 0.15) is 25.0 Å². The maximum Gasteiger partial charge on any atom is 0.407 e. The Morgan fingerprint density at radius 2 is 1.59 bits per heavy atom. The monoisotopic (exact) mass is 554 g/mol. The Morgan fingerprint density at radius 1 is 1.00 bits per heavy atom. The van der Waals surface area contributed by atoms with Crippen molar-refractivity contribution in [2.45, 2.75) is 38.8 Å². The highest BCUT2D eigenvalue weighted by Gasteiger charge is 2.25. The number of hydrogen-bond acceptors (Lipinski definition) is 6. The van der Waals surface area contributed by atoms with E-state index in [1.807, 2.05) is 48.9 Å². The number of carbonyl (C=O) groups is 2. The van der Waals surface area contributed by atoms with Crippen LogP contribution < -0.4 is 15.4 Å². The molecule has 2 atom stereocenters. The lowest BCUT2D eigenvalue weighted by molar-refractivity contribution is -0.123. The Morgan fingerprint density at radius 3 is 2.15 bits per heavy atom. The molecule has 39 heavy (non-hydrogen) atoms. The van der Waals surface area contributed by atoms with Crippen molar-refractivity contribution in [2.24, 2.45) is 4.99 Å². The molecular weight excluding hydrogens is 520 g/mol. The number of carbonyl (C=O) groups excluding carboxylic acids is 2. The van der Waals surface area contributed by atoms with Gasteiger partial charge in [-0.2, -0.15) is 8.42 Å². The van der Waals surface area contributed by atoms with E-state index in [1.54, 1.807) is 24.3 Å². The minimum Gasteiger partial charge on any atom is -0.453 e. The lowest BCUT2D eigenvalue weighted by atomic mass is 10.0. The Kier molecular flexibility index (Phi) is 11.6. The summed E-state index contributed by atoms with van der Waals surface area (Å²) in [5, 5.41) is 5.52. The van der Waals surface area contributed by atoms with E-state index in [0.29, 0.717) is 11.4 Å². The largest absolute Gasteiger partial charge is 0.453 e. The smallest absolute Gasteiger partial charge is 0.407 e. The molecule has 2 rings (SSSR count). The summed E-state index contributed by atoms with van der Waals surface area (Å²) in [7, 11) is -3.20. The van der Waals surface area contributed by atoms with E-state index in [2.05, 4.69) is 28.8 Å². The summed E-state index contributed by atoms with van der Waals surface area (Å²) in [6.45, 7) is 11.5.